The Morgan fingerprint density at radius 2 is 1.67 bits per heavy atom. The molecule has 0 spiro atoms. The zero-order chi connectivity index (χ0) is 21.6. The number of anilines is 4. The number of methoxy groups -OCH3 is 1. The highest BCUT2D eigenvalue weighted by molar-refractivity contribution is 5.57. The minimum atomic E-state index is -4.42. The van der Waals surface area contributed by atoms with Crippen molar-refractivity contribution in [2.45, 2.75) is 50.7 Å². The molecule has 1 aliphatic rings. The molecule has 0 atom stereocenters. The molecule has 164 valence electrons. The molecule has 0 amide bonds. The minimum absolute atomic E-state index is 0.00429. The average molecular weight is 428 g/mol. The van der Waals surface area contributed by atoms with Crippen LogP contribution in [0, 0.1) is 5.82 Å². The number of hydrogen-bond donors (Lipinski definition) is 3. The first-order chi connectivity index (χ1) is 14.3. The predicted molar refractivity (Wildman–Crippen MR) is 106 cm³/mol. The lowest BCUT2D eigenvalue weighted by atomic mass is 10.1. The Balaban J connectivity index is 1.81. The zero-order valence-corrected chi connectivity index (χ0v) is 16.5. The molecule has 1 heterocycles. The maximum atomic E-state index is 13.9. The molecule has 1 saturated carbocycles. The van der Waals surface area contributed by atoms with Crippen LogP contribution in [0.15, 0.2) is 18.2 Å². The van der Waals surface area contributed by atoms with Crippen molar-refractivity contribution in [2.75, 3.05) is 29.6 Å². The molecule has 1 aliphatic carbocycles. The fourth-order valence-corrected chi connectivity index (χ4v) is 3.23. The van der Waals surface area contributed by atoms with Gasteiger partial charge in [0.15, 0.2) is 11.6 Å². The third-order valence-corrected chi connectivity index (χ3v) is 4.68. The van der Waals surface area contributed by atoms with Crippen molar-refractivity contribution < 1.29 is 22.3 Å². The normalized spacial score (nSPS) is 15.4. The summed E-state index contributed by atoms with van der Waals surface area (Å²) in [6.45, 7) is -1.28. The van der Waals surface area contributed by atoms with E-state index in [0.717, 1.165) is 38.5 Å². The fourth-order valence-electron chi connectivity index (χ4n) is 3.23. The Bertz CT molecular complexity index is 840. The Hall–Kier alpha value is -2.85. The van der Waals surface area contributed by atoms with Gasteiger partial charge in [-0.3, -0.25) is 0 Å². The Morgan fingerprint density at radius 3 is 2.30 bits per heavy atom. The van der Waals surface area contributed by atoms with Crippen molar-refractivity contribution in [3.63, 3.8) is 0 Å². The second-order valence-corrected chi connectivity index (χ2v) is 7.08. The van der Waals surface area contributed by atoms with Gasteiger partial charge in [-0.1, -0.05) is 25.7 Å². The van der Waals surface area contributed by atoms with Crippen LogP contribution in [0.4, 0.5) is 41.1 Å². The average Bonchev–Trinajstić information content (AvgIpc) is 2.95. The number of nitrogens with one attached hydrogen (secondary N) is 3. The number of benzene rings is 1. The summed E-state index contributed by atoms with van der Waals surface area (Å²) in [6, 6.07) is 4.29. The van der Waals surface area contributed by atoms with Gasteiger partial charge in [-0.2, -0.15) is 28.1 Å². The van der Waals surface area contributed by atoms with E-state index in [4.69, 9.17) is 4.74 Å². The van der Waals surface area contributed by atoms with Crippen LogP contribution in [0.25, 0.3) is 0 Å². The molecule has 1 aromatic heterocycles. The van der Waals surface area contributed by atoms with Crippen LogP contribution in [0.1, 0.15) is 38.5 Å². The Morgan fingerprint density at radius 1 is 1.00 bits per heavy atom. The first-order valence-electron chi connectivity index (χ1n) is 9.76. The van der Waals surface area contributed by atoms with Gasteiger partial charge in [-0.15, -0.1) is 0 Å². The van der Waals surface area contributed by atoms with Gasteiger partial charge in [0.05, 0.1) is 7.11 Å². The molecule has 1 fully saturated rings. The van der Waals surface area contributed by atoms with Gasteiger partial charge in [0.25, 0.3) is 0 Å². The van der Waals surface area contributed by atoms with E-state index < -0.39 is 18.5 Å². The molecule has 7 nitrogen and oxygen atoms in total. The van der Waals surface area contributed by atoms with E-state index in [1.165, 1.54) is 19.2 Å². The van der Waals surface area contributed by atoms with Gasteiger partial charge < -0.3 is 20.7 Å². The number of nitrogens with zero attached hydrogens (tertiary/aromatic N) is 3. The van der Waals surface area contributed by atoms with Crippen molar-refractivity contribution in [3.05, 3.63) is 24.0 Å². The number of halogens is 4. The molecule has 30 heavy (non-hydrogen) atoms. The van der Waals surface area contributed by atoms with Crippen molar-refractivity contribution in [1.82, 2.24) is 15.0 Å². The van der Waals surface area contributed by atoms with E-state index in [9.17, 15) is 17.6 Å². The molecule has 2 aromatic rings. The van der Waals surface area contributed by atoms with Crippen molar-refractivity contribution in [1.29, 1.82) is 0 Å². The van der Waals surface area contributed by atoms with Gasteiger partial charge in [0.1, 0.15) is 6.54 Å². The second-order valence-electron chi connectivity index (χ2n) is 7.08. The molecule has 3 rings (SSSR count). The quantitative estimate of drug-likeness (QED) is 0.429. The minimum Gasteiger partial charge on any atom is -0.494 e. The van der Waals surface area contributed by atoms with Crippen LogP contribution in [0.5, 0.6) is 5.75 Å². The number of alkyl halides is 3. The van der Waals surface area contributed by atoms with Crippen LogP contribution in [0.2, 0.25) is 0 Å². The van der Waals surface area contributed by atoms with Gasteiger partial charge in [-0.05, 0) is 25.0 Å². The van der Waals surface area contributed by atoms with E-state index in [-0.39, 0.29) is 29.6 Å². The summed E-state index contributed by atoms with van der Waals surface area (Å²) in [5.41, 5.74) is 0.321. The molecule has 1 aromatic carbocycles. The van der Waals surface area contributed by atoms with Crippen LogP contribution < -0.4 is 20.7 Å². The summed E-state index contributed by atoms with van der Waals surface area (Å²) in [7, 11) is 1.35. The third kappa shape index (κ3) is 6.60. The maximum Gasteiger partial charge on any atom is 0.405 e. The highest BCUT2D eigenvalue weighted by Crippen LogP contribution is 2.25. The van der Waals surface area contributed by atoms with Gasteiger partial charge in [0, 0.05) is 17.8 Å². The monoisotopic (exact) mass is 428 g/mol. The fraction of sp³-hybridized carbons (Fsp3) is 0.526. The van der Waals surface area contributed by atoms with E-state index in [2.05, 4.69) is 30.9 Å². The SMILES string of the molecule is COc1ccc(Nc2nc(NCC(F)(F)F)nc(NC3CCCCCC3)n2)cc1F. The molecule has 0 radical (unpaired) electrons. The third-order valence-electron chi connectivity index (χ3n) is 4.68. The smallest absolute Gasteiger partial charge is 0.405 e. The summed E-state index contributed by atoms with van der Waals surface area (Å²) in [5.74, 6) is -0.591. The summed E-state index contributed by atoms with van der Waals surface area (Å²) >= 11 is 0. The van der Waals surface area contributed by atoms with Crippen LogP contribution in [-0.2, 0) is 0 Å². The molecular weight excluding hydrogens is 404 g/mol. The molecule has 0 unspecified atom stereocenters. The summed E-state index contributed by atoms with van der Waals surface area (Å²) in [5, 5.41) is 8.17. The van der Waals surface area contributed by atoms with Crippen molar-refractivity contribution in [2.24, 2.45) is 0 Å². The first-order valence-corrected chi connectivity index (χ1v) is 9.76. The Labute approximate surface area is 171 Å². The highest BCUT2D eigenvalue weighted by Gasteiger charge is 2.27. The Kier molecular flexibility index (Phi) is 7.11. The number of ether oxygens (including phenoxy) is 1. The lowest BCUT2D eigenvalue weighted by molar-refractivity contribution is -0.115. The molecular formula is C19H24F4N6O. The topological polar surface area (TPSA) is 84.0 Å². The summed E-state index contributed by atoms with van der Waals surface area (Å²) < 4.78 is 56.6. The van der Waals surface area contributed by atoms with E-state index in [0.29, 0.717) is 5.69 Å². The standard InChI is InChI=1S/C19H24F4N6O/c1-30-15-9-8-13(10-14(15)20)26-18-28-16(24-11-19(21,22)23)27-17(29-18)25-12-6-4-2-3-5-7-12/h8-10,12H,2-7,11H2,1H3,(H3,24,25,26,27,28,29). The number of aromatic nitrogens is 3. The van der Waals surface area contributed by atoms with Gasteiger partial charge >= 0.3 is 6.18 Å². The molecule has 0 saturated heterocycles. The lowest BCUT2D eigenvalue weighted by Gasteiger charge is -2.18. The molecule has 0 bridgehead atoms. The van der Waals surface area contributed by atoms with Gasteiger partial charge in [-0.25, -0.2) is 4.39 Å². The molecule has 11 heteroatoms. The van der Waals surface area contributed by atoms with Crippen LogP contribution in [0.3, 0.4) is 0 Å². The van der Waals surface area contributed by atoms with E-state index in [1.807, 2.05) is 0 Å². The van der Waals surface area contributed by atoms with E-state index >= 15 is 0 Å². The van der Waals surface area contributed by atoms with Crippen molar-refractivity contribution in [3.8, 4) is 5.75 Å². The van der Waals surface area contributed by atoms with E-state index in [1.54, 1.807) is 6.07 Å². The lowest BCUT2D eigenvalue weighted by Crippen LogP contribution is -2.24. The largest absolute Gasteiger partial charge is 0.494 e. The van der Waals surface area contributed by atoms with Crippen molar-refractivity contribution >= 4 is 23.5 Å². The summed E-state index contributed by atoms with van der Waals surface area (Å²) in [4.78, 5) is 12.3. The van der Waals surface area contributed by atoms with Crippen LogP contribution in [-0.4, -0.2) is 40.8 Å². The molecule has 3 N–H and O–H groups in total. The predicted octanol–water partition coefficient (Wildman–Crippen LogP) is 4.87. The molecule has 0 aliphatic heterocycles. The highest BCUT2D eigenvalue weighted by atomic mass is 19.4. The summed E-state index contributed by atoms with van der Waals surface area (Å²) in [6.07, 6.45) is 1.89. The number of rotatable bonds is 7. The second kappa shape index (κ2) is 9.77. The first kappa shape index (κ1) is 21.8. The maximum absolute atomic E-state index is 13.9. The zero-order valence-electron chi connectivity index (χ0n) is 16.5. The van der Waals surface area contributed by atoms with Gasteiger partial charge in [0.2, 0.25) is 17.8 Å². The number of hydrogen-bond acceptors (Lipinski definition) is 7. The van der Waals surface area contributed by atoms with Crippen LogP contribution >= 0.6 is 0 Å².